The molecule has 2 rings (SSSR count). The number of amides is 1. The smallest absolute Gasteiger partial charge is 0.324 e. The molecule has 0 aliphatic carbocycles. The number of carbonyl (C=O) groups is 1. The van der Waals surface area contributed by atoms with E-state index in [0.717, 1.165) is 5.69 Å². The van der Waals surface area contributed by atoms with Crippen LogP contribution in [-0.4, -0.2) is 30.2 Å². The molecule has 0 aromatic carbocycles. The summed E-state index contributed by atoms with van der Waals surface area (Å²) in [5.74, 6) is -1.02. The van der Waals surface area contributed by atoms with Crippen molar-refractivity contribution in [2.75, 3.05) is 18.4 Å². The lowest BCUT2D eigenvalue weighted by atomic mass is 9.85. The van der Waals surface area contributed by atoms with Gasteiger partial charge in [0.05, 0.1) is 11.4 Å². The number of anilines is 1. The molecule has 1 amide bonds. The van der Waals surface area contributed by atoms with Crippen LogP contribution >= 0.6 is 0 Å². The van der Waals surface area contributed by atoms with Gasteiger partial charge in [-0.1, -0.05) is 0 Å². The number of rotatable bonds is 2. The Hall–Kier alpha value is -1.63. The monoisotopic (exact) mass is 287 g/mol. The number of halogens is 3. The number of aromatic nitrogens is 1. The maximum atomic E-state index is 13.2. The fourth-order valence-electron chi connectivity index (χ4n) is 2.32. The number of pyridine rings is 1. The molecule has 0 radical (unpaired) electrons. The Kier molecular flexibility index (Phi) is 3.73. The third-order valence-electron chi connectivity index (χ3n) is 3.61. The molecule has 2 heterocycles. The van der Waals surface area contributed by atoms with Crippen LogP contribution in [0.4, 0.5) is 18.9 Å². The van der Waals surface area contributed by atoms with Gasteiger partial charge in [-0.2, -0.15) is 13.2 Å². The number of nitrogens with one attached hydrogen (secondary N) is 2. The Morgan fingerprint density at radius 3 is 2.60 bits per heavy atom. The van der Waals surface area contributed by atoms with E-state index in [0.29, 0.717) is 11.4 Å². The third kappa shape index (κ3) is 2.49. The zero-order chi connectivity index (χ0) is 15.0. The maximum Gasteiger partial charge on any atom is 0.404 e. The van der Waals surface area contributed by atoms with Crippen molar-refractivity contribution in [1.29, 1.82) is 0 Å². The van der Waals surface area contributed by atoms with Crippen LogP contribution in [-0.2, 0) is 4.79 Å². The van der Waals surface area contributed by atoms with Gasteiger partial charge in [0.2, 0.25) is 5.91 Å². The maximum absolute atomic E-state index is 13.2. The van der Waals surface area contributed by atoms with Gasteiger partial charge in [0, 0.05) is 12.2 Å². The first-order valence-corrected chi connectivity index (χ1v) is 6.29. The number of hydrogen-bond acceptors (Lipinski definition) is 3. The Labute approximate surface area is 114 Å². The number of alkyl halides is 3. The summed E-state index contributed by atoms with van der Waals surface area (Å²) in [5, 5.41) is 4.98. The lowest BCUT2D eigenvalue weighted by molar-refractivity contribution is -0.213. The van der Waals surface area contributed by atoms with Gasteiger partial charge in [-0.05, 0) is 38.9 Å². The van der Waals surface area contributed by atoms with Crippen LogP contribution in [0.3, 0.4) is 0 Å². The number of nitrogens with zero attached hydrogens (tertiary/aromatic N) is 1. The molecule has 1 unspecified atom stereocenters. The van der Waals surface area contributed by atoms with Crippen LogP contribution in [0.2, 0.25) is 0 Å². The predicted molar refractivity (Wildman–Crippen MR) is 68.3 cm³/mol. The van der Waals surface area contributed by atoms with E-state index in [4.69, 9.17) is 0 Å². The summed E-state index contributed by atoms with van der Waals surface area (Å²) in [7, 11) is 0. The molecule has 110 valence electrons. The molecule has 1 aromatic rings. The summed E-state index contributed by atoms with van der Waals surface area (Å²) in [5.41, 5.74) is -0.795. The van der Waals surface area contributed by atoms with E-state index in [1.54, 1.807) is 26.0 Å². The number of carbonyl (C=O) groups excluding carboxylic acids is 1. The molecule has 2 N–H and O–H groups in total. The van der Waals surface area contributed by atoms with Crippen LogP contribution in [0.1, 0.15) is 17.8 Å². The molecule has 1 aliphatic heterocycles. The van der Waals surface area contributed by atoms with E-state index in [1.807, 2.05) is 0 Å². The van der Waals surface area contributed by atoms with Crippen LogP contribution in [0.5, 0.6) is 0 Å². The van der Waals surface area contributed by atoms with Crippen molar-refractivity contribution >= 4 is 11.6 Å². The largest absolute Gasteiger partial charge is 0.404 e. The summed E-state index contributed by atoms with van der Waals surface area (Å²) in [6, 6.07) is 3.22. The van der Waals surface area contributed by atoms with Crippen molar-refractivity contribution in [3.63, 3.8) is 0 Å². The summed E-state index contributed by atoms with van der Waals surface area (Å²) < 4.78 is 39.7. The first kappa shape index (κ1) is 14.8. The molecule has 20 heavy (non-hydrogen) atoms. The molecule has 0 saturated carbocycles. The van der Waals surface area contributed by atoms with Gasteiger partial charge < -0.3 is 10.6 Å². The quantitative estimate of drug-likeness (QED) is 0.876. The lowest BCUT2D eigenvalue weighted by Gasteiger charge is -2.29. The van der Waals surface area contributed by atoms with Gasteiger partial charge in [0.1, 0.15) is 0 Å². The van der Waals surface area contributed by atoms with Crippen LogP contribution in [0.25, 0.3) is 0 Å². The predicted octanol–water partition coefficient (Wildman–Crippen LogP) is 2.18. The van der Waals surface area contributed by atoms with Crippen molar-refractivity contribution in [3.8, 4) is 0 Å². The molecule has 7 heteroatoms. The second-order valence-corrected chi connectivity index (χ2v) is 5.05. The highest BCUT2D eigenvalue weighted by atomic mass is 19.4. The Morgan fingerprint density at radius 2 is 2.10 bits per heavy atom. The molecule has 0 bridgehead atoms. The molecule has 1 saturated heterocycles. The molecular formula is C13H16F3N3O. The first-order chi connectivity index (χ1) is 9.26. The van der Waals surface area contributed by atoms with Crippen molar-refractivity contribution in [2.24, 2.45) is 5.41 Å². The molecule has 1 atom stereocenters. The van der Waals surface area contributed by atoms with Crippen LogP contribution in [0, 0.1) is 19.3 Å². The van der Waals surface area contributed by atoms with Crippen molar-refractivity contribution < 1.29 is 18.0 Å². The lowest BCUT2D eigenvalue weighted by Crippen LogP contribution is -2.49. The first-order valence-electron chi connectivity index (χ1n) is 6.29. The SMILES string of the molecule is Cc1ccc(NC(=O)C2(C(F)(F)F)CCNC2)c(C)n1. The van der Waals surface area contributed by atoms with Crippen molar-refractivity contribution in [2.45, 2.75) is 26.4 Å². The molecule has 1 aliphatic rings. The van der Waals surface area contributed by atoms with Crippen molar-refractivity contribution in [3.05, 3.63) is 23.5 Å². The zero-order valence-corrected chi connectivity index (χ0v) is 11.3. The average Bonchev–Trinajstić information content (AvgIpc) is 2.82. The average molecular weight is 287 g/mol. The van der Waals surface area contributed by atoms with E-state index >= 15 is 0 Å². The summed E-state index contributed by atoms with van der Waals surface area (Å²) in [6.07, 6.45) is -4.83. The Balaban J connectivity index is 2.26. The second-order valence-electron chi connectivity index (χ2n) is 5.05. The summed E-state index contributed by atoms with van der Waals surface area (Å²) in [4.78, 5) is 16.2. The molecule has 4 nitrogen and oxygen atoms in total. The Morgan fingerprint density at radius 1 is 1.40 bits per heavy atom. The number of hydrogen-bond donors (Lipinski definition) is 2. The minimum absolute atomic E-state index is 0.179. The topological polar surface area (TPSA) is 54.0 Å². The second kappa shape index (κ2) is 5.05. The van der Waals surface area contributed by atoms with E-state index in [2.05, 4.69) is 15.6 Å². The summed E-state index contributed by atoms with van der Waals surface area (Å²) >= 11 is 0. The van der Waals surface area contributed by atoms with Gasteiger partial charge in [0.25, 0.3) is 0 Å². The summed E-state index contributed by atoms with van der Waals surface area (Å²) in [6.45, 7) is 3.21. The molecule has 1 aromatic heterocycles. The molecule has 1 fully saturated rings. The minimum Gasteiger partial charge on any atom is -0.324 e. The van der Waals surface area contributed by atoms with E-state index in [-0.39, 0.29) is 19.5 Å². The zero-order valence-electron chi connectivity index (χ0n) is 11.3. The van der Waals surface area contributed by atoms with E-state index < -0.39 is 17.5 Å². The molecular weight excluding hydrogens is 271 g/mol. The third-order valence-corrected chi connectivity index (χ3v) is 3.61. The standard InChI is InChI=1S/C13H16F3N3O/c1-8-3-4-10(9(2)18-8)19-11(20)12(13(14,15)16)5-6-17-7-12/h3-4,17H,5-7H2,1-2H3,(H,19,20). The van der Waals surface area contributed by atoms with Gasteiger partial charge >= 0.3 is 6.18 Å². The fourth-order valence-corrected chi connectivity index (χ4v) is 2.32. The van der Waals surface area contributed by atoms with E-state index in [9.17, 15) is 18.0 Å². The highest BCUT2D eigenvalue weighted by Gasteiger charge is 2.61. The number of aryl methyl sites for hydroxylation is 2. The highest BCUT2D eigenvalue weighted by molar-refractivity contribution is 5.96. The fraction of sp³-hybridized carbons (Fsp3) is 0.538. The van der Waals surface area contributed by atoms with Gasteiger partial charge in [-0.25, -0.2) is 0 Å². The van der Waals surface area contributed by atoms with Gasteiger partial charge in [-0.15, -0.1) is 0 Å². The van der Waals surface area contributed by atoms with Gasteiger partial charge in [0.15, 0.2) is 5.41 Å². The normalized spacial score (nSPS) is 22.9. The Bertz CT molecular complexity index is 522. The minimum atomic E-state index is -4.58. The van der Waals surface area contributed by atoms with Crippen LogP contribution in [0.15, 0.2) is 12.1 Å². The highest BCUT2D eigenvalue weighted by Crippen LogP contribution is 2.43. The molecule has 0 spiro atoms. The van der Waals surface area contributed by atoms with Gasteiger partial charge in [-0.3, -0.25) is 9.78 Å². The van der Waals surface area contributed by atoms with E-state index in [1.165, 1.54) is 0 Å². The van der Waals surface area contributed by atoms with Crippen LogP contribution < -0.4 is 10.6 Å². The van der Waals surface area contributed by atoms with Crippen molar-refractivity contribution in [1.82, 2.24) is 10.3 Å².